The molecule has 2 amide bonds. The van der Waals surface area contributed by atoms with E-state index in [1.807, 2.05) is 11.0 Å². The van der Waals surface area contributed by atoms with Crippen molar-refractivity contribution in [2.45, 2.75) is 90.0 Å². The van der Waals surface area contributed by atoms with Gasteiger partial charge in [-0.15, -0.1) is 0 Å². The molecule has 0 aliphatic carbocycles. The Labute approximate surface area is 206 Å². The molecule has 5 rings (SSSR count). The highest BCUT2D eigenvalue weighted by Gasteiger charge is 2.42. The number of imidazole rings is 1. The van der Waals surface area contributed by atoms with Gasteiger partial charge in [-0.1, -0.05) is 12.1 Å². The summed E-state index contributed by atoms with van der Waals surface area (Å²) in [7, 11) is 0. The molecular formula is C27H36FN5O2. The molecule has 2 unspecified atom stereocenters. The van der Waals surface area contributed by atoms with E-state index in [9.17, 15) is 14.0 Å². The molecule has 35 heavy (non-hydrogen) atoms. The van der Waals surface area contributed by atoms with E-state index in [2.05, 4.69) is 21.7 Å². The summed E-state index contributed by atoms with van der Waals surface area (Å²) in [6, 6.07) is 7.85. The highest BCUT2D eigenvalue weighted by Crippen LogP contribution is 2.42. The van der Waals surface area contributed by atoms with Crippen molar-refractivity contribution in [2.24, 2.45) is 0 Å². The van der Waals surface area contributed by atoms with Crippen molar-refractivity contribution in [3.8, 4) is 0 Å². The maximum atomic E-state index is 13.8. The van der Waals surface area contributed by atoms with Gasteiger partial charge in [0, 0.05) is 57.2 Å². The molecule has 4 heterocycles. The predicted molar refractivity (Wildman–Crippen MR) is 131 cm³/mol. The minimum absolute atomic E-state index is 0.0929. The van der Waals surface area contributed by atoms with Crippen LogP contribution in [0.2, 0.25) is 0 Å². The summed E-state index contributed by atoms with van der Waals surface area (Å²) < 4.78 is 16.3. The SMILES string of the molecule is CC(=O)N[C@@H](CCN1C2CCC1CC(n1c(C)nc3c1CCN(C(C)=O)C3)C2)c1cccc(F)c1. The Morgan fingerprint density at radius 3 is 2.57 bits per heavy atom. The summed E-state index contributed by atoms with van der Waals surface area (Å²) >= 11 is 0. The van der Waals surface area contributed by atoms with Crippen molar-refractivity contribution in [2.75, 3.05) is 13.1 Å². The van der Waals surface area contributed by atoms with Gasteiger partial charge in [0.05, 0.1) is 18.3 Å². The van der Waals surface area contributed by atoms with E-state index in [1.165, 1.54) is 37.6 Å². The number of benzene rings is 1. The van der Waals surface area contributed by atoms with Crippen LogP contribution in [0.25, 0.3) is 0 Å². The Balaban J connectivity index is 1.27. The van der Waals surface area contributed by atoms with E-state index in [0.29, 0.717) is 24.7 Å². The quantitative estimate of drug-likeness (QED) is 0.684. The Kier molecular flexibility index (Phi) is 6.66. The summed E-state index contributed by atoms with van der Waals surface area (Å²) in [6.45, 7) is 7.52. The van der Waals surface area contributed by atoms with E-state index >= 15 is 0 Å². The normalized spacial score (nSPS) is 24.8. The first-order valence-corrected chi connectivity index (χ1v) is 12.9. The fourth-order valence-corrected chi connectivity index (χ4v) is 6.68. The van der Waals surface area contributed by atoms with Crippen LogP contribution in [-0.4, -0.2) is 56.3 Å². The first kappa shape index (κ1) is 24.0. The van der Waals surface area contributed by atoms with Gasteiger partial charge >= 0.3 is 0 Å². The van der Waals surface area contributed by atoms with Crippen LogP contribution in [-0.2, 0) is 22.6 Å². The Morgan fingerprint density at radius 1 is 1.17 bits per heavy atom. The Hall–Kier alpha value is -2.74. The van der Waals surface area contributed by atoms with E-state index in [1.54, 1.807) is 13.0 Å². The van der Waals surface area contributed by atoms with Crippen molar-refractivity contribution in [3.05, 3.63) is 52.9 Å². The third-order valence-electron chi connectivity index (χ3n) is 8.20. The van der Waals surface area contributed by atoms with Crippen molar-refractivity contribution >= 4 is 11.8 Å². The van der Waals surface area contributed by atoms with Crippen LogP contribution in [0, 0.1) is 12.7 Å². The van der Waals surface area contributed by atoms with Gasteiger partial charge in [-0.05, 0) is 56.7 Å². The van der Waals surface area contributed by atoms with E-state index in [0.717, 1.165) is 55.9 Å². The lowest BCUT2D eigenvalue weighted by Crippen LogP contribution is -2.45. The van der Waals surface area contributed by atoms with Gasteiger partial charge in [-0.25, -0.2) is 9.37 Å². The zero-order chi connectivity index (χ0) is 24.7. The number of hydrogen-bond donors (Lipinski definition) is 1. The first-order valence-electron chi connectivity index (χ1n) is 12.9. The second-order valence-electron chi connectivity index (χ2n) is 10.5. The molecule has 8 heteroatoms. The Bertz CT molecular complexity index is 1100. The number of carbonyl (C=O) groups excluding carboxylic acids is 2. The van der Waals surface area contributed by atoms with Crippen LogP contribution in [0.15, 0.2) is 24.3 Å². The molecule has 2 fully saturated rings. The molecule has 1 aromatic heterocycles. The highest BCUT2D eigenvalue weighted by atomic mass is 19.1. The number of aryl methyl sites for hydroxylation is 1. The van der Waals surface area contributed by atoms with Gasteiger partial charge < -0.3 is 14.8 Å². The molecular weight excluding hydrogens is 445 g/mol. The third-order valence-corrected chi connectivity index (χ3v) is 8.20. The number of nitrogens with zero attached hydrogens (tertiary/aromatic N) is 4. The largest absolute Gasteiger partial charge is 0.349 e. The molecule has 3 atom stereocenters. The topological polar surface area (TPSA) is 70.5 Å². The lowest BCUT2D eigenvalue weighted by Gasteiger charge is -2.41. The average molecular weight is 482 g/mol. The van der Waals surface area contributed by atoms with Crippen molar-refractivity contribution in [1.82, 2.24) is 24.7 Å². The minimum atomic E-state index is -0.274. The number of fused-ring (bicyclic) bond motifs is 3. The fraction of sp³-hybridized carbons (Fsp3) is 0.593. The van der Waals surface area contributed by atoms with Crippen molar-refractivity contribution < 1.29 is 14.0 Å². The number of piperidine rings is 1. The number of rotatable bonds is 6. The molecule has 0 radical (unpaired) electrons. The summed E-state index contributed by atoms with van der Waals surface area (Å²) in [4.78, 5) is 33.1. The van der Waals surface area contributed by atoms with Gasteiger partial charge in [0.15, 0.2) is 0 Å². The Morgan fingerprint density at radius 2 is 1.91 bits per heavy atom. The molecule has 3 aliphatic heterocycles. The van der Waals surface area contributed by atoms with Crippen LogP contribution >= 0.6 is 0 Å². The lowest BCUT2D eigenvalue weighted by atomic mass is 9.94. The summed E-state index contributed by atoms with van der Waals surface area (Å²) in [6.07, 6.45) is 6.22. The van der Waals surface area contributed by atoms with E-state index in [4.69, 9.17) is 4.98 Å². The predicted octanol–water partition coefficient (Wildman–Crippen LogP) is 3.67. The summed E-state index contributed by atoms with van der Waals surface area (Å²) in [5.74, 6) is 0.814. The van der Waals surface area contributed by atoms with Gasteiger partial charge in [-0.3, -0.25) is 14.5 Å². The minimum Gasteiger partial charge on any atom is -0.349 e. The molecule has 1 aromatic carbocycles. The monoisotopic (exact) mass is 481 g/mol. The first-order chi connectivity index (χ1) is 16.8. The van der Waals surface area contributed by atoms with Gasteiger partial charge in [0.1, 0.15) is 11.6 Å². The second kappa shape index (κ2) is 9.72. The molecule has 188 valence electrons. The number of nitrogens with one attached hydrogen (secondary N) is 1. The van der Waals surface area contributed by atoms with Gasteiger partial charge in [-0.2, -0.15) is 0 Å². The van der Waals surface area contributed by atoms with Gasteiger partial charge in [0.2, 0.25) is 11.8 Å². The van der Waals surface area contributed by atoms with Crippen molar-refractivity contribution in [1.29, 1.82) is 0 Å². The second-order valence-corrected chi connectivity index (χ2v) is 10.5. The molecule has 2 saturated heterocycles. The summed E-state index contributed by atoms with van der Waals surface area (Å²) in [5.41, 5.74) is 3.20. The third kappa shape index (κ3) is 4.85. The van der Waals surface area contributed by atoms with Crippen LogP contribution in [0.5, 0.6) is 0 Å². The van der Waals surface area contributed by atoms with Crippen molar-refractivity contribution in [3.63, 3.8) is 0 Å². The highest BCUT2D eigenvalue weighted by molar-refractivity contribution is 5.73. The number of carbonyl (C=O) groups is 2. The smallest absolute Gasteiger partial charge is 0.219 e. The zero-order valence-electron chi connectivity index (χ0n) is 21.0. The number of halogens is 1. The average Bonchev–Trinajstić information content (AvgIpc) is 3.26. The van der Waals surface area contributed by atoms with Crippen LogP contribution in [0.4, 0.5) is 4.39 Å². The van der Waals surface area contributed by atoms with Crippen LogP contribution in [0.3, 0.4) is 0 Å². The molecule has 2 bridgehead atoms. The molecule has 7 nitrogen and oxygen atoms in total. The standard InChI is InChI=1S/C27H36FN5O2/c1-17-29-26-16-31(19(3)35)11-10-27(26)33(17)24-14-22-7-8-23(15-24)32(22)12-9-25(30-18(2)34)20-5-4-6-21(28)13-20/h4-6,13,22-25H,7-12,14-16H2,1-3H3,(H,30,34)/t22?,23?,24?,25-/m0/s1. The fourth-order valence-electron chi connectivity index (χ4n) is 6.68. The van der Waals surface area contributed by atoms with E-state index in [-0.39, 0.29) is 23.7 Å². The van der Waals surface area contributed by atoms with Crippen LogP contribution < -0.4 is 5.32 Å². The summed E-state index contributed by atoms with van der Waals surface area (Å²) in [5, 5.41) is 3.02. The lowest BCUT2D eigenvalue weighted by molar-refractivity contribution is -0.129. The number of hydrogen-bond acceptors (Lipinski definition) is 4. The van der Waals surface area contributed by atoms with Gasteiger partial charge in [0.25, 0.3) is 0 Å². The maximum absolute atomic E-state index is 13.8. The number of amides is 2. The maximum Gasteiger partial charge on any atom is 0.219 e. The molecule has 0 spiro atoms. The van der Waals surface area contributed by atoms with Crippen LogP contribution in [0.1, 0.15) is 80.8 Å². The zero-order valence-corrected chi connectivity index (χ0v) is 21.0. The molecule has 0 saturated carbocycles. The molecule has 3 aliphatic rings. The molecule has 2 aromatic rings. The van der Waals surface area contributed by atoms with E-state index < -0.39 is 0 Å². The number of aromatic nitrogens is 2. The molecule has 1 N–H and O–H groups in total.